The second-order valence-electron chi connectivity index (χ2n) is 4.22. The van der Waals surface area contributed by atoms with Gasteiger partial charge in [-0.2, -0.15) is 0 Å². The topological polar surface area (TPSA) is 41.6 Å². The Bertz CT molecular complexity index is 390. The fourth-order valence-electron chi connectivity index (χ4n) is 2.05. The third-order valence-corrected chi connectivity index (χ3v) is 3.99. The molecule has 17 heavy (non-hydrogen) atoms. The molecule has 0 radical (unpaired) electrons. The number of likely N-dealkylation sites (N-methyl/N-ethyl adjacent to an activating group) is 1. The molecule has 1 N–H and O–H groups in total. The smallest absolute Gasteiger partial charge is 0.264 e. The van der Waals surface area contributed by atoms with Gasteiger partial charge in [0.2, 0.25) is 0 Å². The van der Waals surface area contributed by atoms with E-state index in [9.17, 15) is 4.79 Å². The minimum Gasteiger partial charge on any atom is -0.377 e. The lowest BCUT2D eigenvalue weighted by atomic mass is 10.2. The van der Waals surface area contributed by atoms with Gasteiger partial charge in [0.15, 0.2) is 0 Å². The lowest BCUT2D eigenvalue weighted by molar-refractivity contribution is -0.000746. The molecular weight excluding hydrogens is 236 g/mol. The van der Waals surface area contributed by atoms with Crippen molar-refractivity contribution in [2.75, 3.05) is 33.4 Å². The van der Waals surface area contributed by atoms with E-state index in [0.717, 1.165) is 17.0 Å². The van der Waals surface area contributed by atoms with Crippen molar-refractivity contribution in [3.05, 3.63) is 21.9 Å². The molecule has 1 saturated heterocycles. The van der Waals surface area contributed by atoms with Crippen molar-refractivity contribution in [1.29, 1.82) is 0 Å². The van der Waals surface area contributed by atoms with Crippen LogP contribution in [-0.4, -0.2) is 50.2 Å². The molecule has 4 nitrogen and oxygen atoms in total. The van der Waals surface area contributed by atoms with Crippen molar-refractivity contribution in [1.82, 2.24) is 10.2 Å². The summed E-state index contributed by atoms with van der Waals surface area (Å²) in [4.78, 5) is 15.2. The van der Waals surface area contributed by atoms with Crippen LogP contribution in [0.15, 0.2) is 11.4 Å². The number of nitrogens with one attached hydrogen (secondary N) is 1. The van der Waals surface area contributed by atoms with Crippen LogP contribution in [0.3, 0.4) is 0 Å². The average Bonchev–Trinajstić information content (AvgIpc) is 2.76. The standard InChI is InChI=1S/C12H18N2O2S/c1-9-3-6-17-11(9)12(15)14-4-5-16-8-10(14)7-13-2/h3,6,10,13H,4-5,7-8H2,1-2H3. The van der Waals surface area contributed by atoms with E-state index in [0.29, 0.717) is 19.8 Å². The first-order valence-electron chi connectivity index (χ1n) is 5.81. The molecule has 0 bridgehead atoms. The van der Waals surface area contributed by atoms with Gasteiger partial charge in [-0.25, -0.2) is 0 Å². The van der Waals surface area contributed by atoms with Gasteiger partial charge in [0, 0.05) is 13.1 Å². The molecule has 0 saturated carbocycles. The molecule has 2 heterocycles. The molecule has 0 aliphatic carbocycles. The molecule has 5 heteroatoms. The van der Waals surface area contributed by atoms with Gasteiger partial charge < -0.3 is 15.0 Å². The highest BCUT2D eigenvalue weighted by molar-refractivity contribution is 7.12. The van der Waals surface area contributed by atoms with Gasteiger partial charge in [0.1, 0.15) is 0 Å². The Kier molecular flexibility index (Phi) is 4.15. The molecular formula is C12H18N2O2S. The van der Waals surface area contributed by atoms with E-state index in [1.807, 2.05) is 30.3 Å². The maximum absolute atomic E-state index is 12.4. The van der Waals surface area contributed by atoms with Crippen LogP contribution in [0.1, 0.15) is 15.2 Å². The van der Waals surface area contributed by atoms with E-state index >= 15 is 0 Å². The molecule has 1 fully saturated rings. The van der Waals surface area contributed by atoms with E-state index < -0.39 is 0 Å². The van der Waals surface area contributed by atoms with Crippen molar-refractivity contribution in [3.8, 4) is 0 Å². The summed E-state index contributed by atoms with van der Waals surface area (Å²) in [6.45, 7) is 4.70. The van der Waals surface area contributed by atoms with E-state index in [1.165, 1.54) is 11.3 Å². The second-order valence-corrected chi connectivity index (χ2v) is 5.13. The van der Waals surface area contributed by atoms with Gasteiger partial charge in [-0.05, 0) is 31.0 Å². The van der Waals surface area contributed by atoms with E-state index in [1.54, 1.807) is 0 Å². The predicted octanol–water partition coefficient (Wildman–Crippen LogP) is 1.12. The van der Waals surface area contributed by atoms with Crippen molar-refractivity contribution in [2.24, 2.45) is 0 Å². The van der Waals surface area contributed by atoms with Gasteiger partial charge in [-0.3, -0.25) is 4.79 Å². The Morgan fingerprint density at radius 2 is 2.53 bits per heavy atom. The molecule has 1 atom stereocenters. The fourth-order valence-corrected chi connectivity index (χ4v) is 2.93. The summed E-state index contributed by atoms with van der Waals surface area (Å²) in [7, 11) is 1.90. The SMILES string of the molecule is CNCC1COCCN1C(=O)c1sccc1C. The monoisotopic (exact) mass is 254 g/mol. The Labute approximate surface area is 106 Å². The summed E-state index contributed by atoms with van der Waals surface area (Å²) in [5.41, 5.74) is 1.06. The van der Waals surface area contributed by atoms with Crippen molar-refractivity contribution in [2.45, 2.75) is 13.0 Å². The summed E-state index contributed by atoms with van der Waals surface area (Å²) in [6.07, 6.45) is 0. The van der Waals surface area contributed by atoms with Crippen LogP contribution in [-0.2, 0) is 4.74 Å². The molecule has 1 aromatic heterocycles. The number of carbonyl (C=O) groups excluding carboxylic acids is 1. The predicted molar refractivity (Wildman–Crippen MR) is 68.6 cm³/mol. The Balaban J connectivity index is 2.14. The van der Waals surface area contributed by atoms with Crippen LogP contribution in [0.2, 0.25) is 0 Å². The number of rotatable bonds is 3. The third kappa shape index (κ3) is 2.68. The first-order chi connectivity index (χ1) is 8.24. The number of hydrogen-bond donors (Lipinski definition) is 1. The number of morpholine rings is 1. The quantitative estimate of drug-likeness (QED) is 0.879. The zero-order chi connectivity index (χ0) is 12.3. The molecule has 94 valence electrons. The van der Waals surface area contributed by atoms with Crippen molar-refractivity contribution in [3.63, 3.8) is 0 Å². The molecule has 1 aliphatic heterocycles. The molecule has 1 aromatic rings. The minimum absolute atomic E-state index is 0.140. The zero-order valence-electron chi connectivity index (χ0n) is 10.2. The molecule has 0 aromatic carbocycles. The maximum Gasteiger partial charge on any atom is 0.264 e. The number of amides is 1. The summed E-state index contributed by atoms with van der Waals surface area (Å²) in [5, 5.41) is 5.08. The molecule has 1 aliphatic rings. The fraction of sp³-hybridized carbons (Fsp3) is 0.583. The van der Waals surface area contributed by atoms with Crippen molar-refractivity contribution < 1.29 is 9.53 Å². The number of nitrogens with zero attached hydrogens (tertiary/aromatic N) is 1. The van der Waals surface area contributed by atoms with Gasteiger partial charge in [0.05, 0.1) is 24.1 Å². The Morgan fingerprint density at radius 1 is 1.71 bits per heavy atom. The Hall–Kier alpha value is -0.910. The molecule has 1 amide bonds. The largest absolute Gasteiger partial charge is 0.377 e. The second kappa shape index (κ2) is 5.62. The van der Waals surface area contributed by atoms with Crippen LogP contribution in [0.4, 0.5) is 0 Å². The Morgan fingerprint density at radius 3 is 3.18 bits per heavy atom. The number of carbonyl (C=O) groups is 1. The third-order valence-electron chi connectivity index (χ3n) is 2.98. The zero-order valence-corrected chi connectivity index (χ0v) is 11.0. The van der Waals surface area contributed by atoms with Crippen LogP contribution in [0.5, 0.6) is 0 Å². The molecule has 1 unspecified atom stereocenters. The van der Waals surface area contributed by atoms with Gasteiger partial charge in [-0.1, -0.05) is 0 Å². The van der Waals surface area contributed by atoms with Gasteiger partial charge >= 0.3 is 0 Å². The van der Waals surface area contributed by atoms with E-state index in [-0.39, 0.29) is 11.9 Å². The number of hydrogen-bond acceptors (Lipinski definition) is 4. The summed E-state index contributed by atoms with van der Waals surface area (Å²) < 4.78 is 5.43. The normalized spacial score (nSPS) is 20.6. The highest BCUT2D eigenvalue weighted by atomic mass is 32.1. The van der Waals surface area contributed by atoms with Gasteiger partial charge in [-0.15, -0.1) is 11.3 Å². The lowest BCUT2D eigenvalue weighted by Crippen LogP contribution is -2.52. The van der Waals surface area contributed by atoms with Gasteiger partial charge in [0.25, 0.3) is 5.91 Å². The van der Waals surface area contributed by atoms with E-state index in [4.69, 9.17) is 4.74 Å². The number of ether oxygens (including phenoxy) is 1. The summed E-state index contributed by atoms with van der Waals surface area (Å²) >= 11 is 1.52. The van der Waals surface area contributed by atoms with Crippen LogP contribution in [0, 0.1) is 6.92 Å². The van der Waals surface area contributed by atoms with Crippen LogP contribution >= 0.6 is 11.3 Å². The average molecular weight is 254 g/mol. The maximum atomic E-state index is 12.4. The summed E-state index contributed by atoms with van der Waals surface area (Å²) in [6, 6.07) is 2.13. The first-order valence-corrected chi connectivity index (χ1v) is 6.69. The lowest BCUT2D eigenvalue weighted by Gasteiger charge is -2.35. The molecule has 0 spiro atoms. The first kappa shape index (κ1) is 12.5. The number of aryl methyl sites for hydroxylation is 1. The molecule has 2 rings (SSSR count). The summed E-state index contributed by atoms with van der Waals surface area (Å²) in [5.74, 6) is 0.140. The van der Waals surface area contributed by atoms with Crippen molar-refractivity contribution >= 4 is 17.2 Å². The van der Waals surface area contributed by atoms with E-state index in [2.05, 4.69) is 5.32 Å². The van der Waals surface area contributed by atoms with Crippen LogP contribution < -0.4 is 5.32 Å². The number of thiophene rings is 1. The highest BCUT2D eigenvalue weighted by Gasteiger charge is 2.28. The minimum atomic E-state index is 0.140. The van der Waals surface area contributed by atoms with Crippen LogP contribution in [0.25, 0.3) is 0 Å². The highest BCUT2D eigenvalue weighted by Crippen LogP contribution is 2.20.